The highest BCUT2D eigenvalue weighted by atomic mass is 35.5. The SMILES string of the molecule is C=CCN(CC=C)C(=O)CSc1nc2ccc(Cl)cc2c(=O)n1-c1ccc(F)cc1F. The lowest BCUT2D eigenvalue weighted by molar-refractivity contribution is -0.127. The standard InChI is InChI=1S/C22H18ClF2N3O2S/c1-3-9-27(10-4-2)20(29)13-31-22-26-18-7-5-14(23)11-16(18)21(30)28(22)19-8-6-15(24)12-17(19)25/h3-8,11-12H,1-2,9-10,13H2. The van der Waals surface area contributed by atoms with E-state index in [2.05, 4.69) is 18.1 Å². The van der Waals surface area contributed by atoms with Gasteiger partial charge in [0.1, 0.15) is 11.6 Å². The van der Waals surface area contributed by atoms with Crippen LogP contribution in [0.2, 0.25) is 5.02 Å². The molecule has 2 aromatic carbocycles. The molecule has 3 rings (SSSR count). The quantitative estimate of drug-likeness (QED) is 0.279. The Kier molecular flexibility index (Phi) is 7.25. The lowest BCUT2D eigenvalue weighted by Gasteiger charge is -2.19. The molecule has 1 amide bonds. The third kappa shape index (κ3) is 5.03. The number of nitrogens with zero attached hydrogens (tertiary/aromatic N) is 3. The average Bonchev–Trinajstić information content (AvgIpc) is 2.73. The Labute approximate surface area is 186 Å². The Morgan fingerprint density at radius 3 is 2.52 bits per heavy atom. The number of amides is 1. The zero-order valence-electron chi connectivity index (χ0n) is 16.4. The minimum absolute atomic E-state index is 0.0595. The van der Waals surface area contributed by atoms with E-state index in [1.807, 2.05) is 0 Å². The summed E-state index contributed by atoms with van der Waals surface area (Å²) < 4.78 is 29.0. The molecule has 0 atom stereocenters. The number of rotatable bonds is 8. The molecule has 3 aromatic rings. The maximum absolute atomic E-state index is 14.5. The zero-order chi connectivity index (χ0) is 22.5. The highest BCUT2D eigenvalue weighted by Gasteiger charge is 2.19. The zero-order valence-corrected chi connectivity index (χ0v) is 17.9. The van der Waals surface area contributed by atoms with Crippen molar-refractivity contribution in [1.82, 2.24) is 14.5 Å². The number of thioether (sulfide) groups is 1. The second-order valence-corrected chi connectivity index (χ2v) is 7.84. The van der Waals surface area contributed by atoms with E-state index in [1.165, 1.54) is 11.0 Å². The number of halogens is 3. The molecule has 0 radical (unpaired) electrons. The first-order chi connectivity index (χ1) is 14.8. The van der Waals surface area contributed by atoms with E-state index in [0.29, 0.717) is 29.7 Å². The number of fused-ring (bicyclic) bond motifs is 1. The van der Waals surface area contributed by atoms with E-state index >= 15 is 0 Å². The molecule has 0 fully saturated rings. The number of carbonyl (C=O) groups excluding carboxylic acids is 1. The van der Waals surface area contributed by atoms with Gasteiger partial charge < -0.3 is 4.90 Å². The first-order valence-corrected chi connectivity index (χ1v) is 10.5. The summed E-state index contributed by atoms with van der Waals surface area (Å²) in [6.45, 7) is 7.92. The molecule has 0 N–H and O–H groups in total. The van der Waals surface area contributed by atoms with E-state index in [9.17, 15) is 18.4 Å². The first-order valence-electron chi connectivity index (χ1n) is 9.15. The Balaban J connectivity index is 2.10. The number of carbonyl (C=O) groups is 1. The van der Waals surface area contributed by atoms with Crippen LogP contribution in [-0.4, -0.2) is 39.2 Å². The Morgan fingerprint density at radius 1 is 1.16 bits per heavy atom. The smallest absolute Gasteiger partial charge is 0.266 e. The molecule has 0 saturated heterocycles. The van der Waals surface area contributed by atoms with Gasteiger partial charge in [-0.2, -0.15) is 0 Å². The van der Waals surface area contributed by atoms with Crippen LogP contribution in [0.4, 0.5) is 8.78 Å². The van der Waals surface area contributed by atoms with Crippen LogP contribution in [0.15, 0.2) is 71.7 Å². The normalized spacial score (nSPS) is 10.8. The minimum Gasteiger partial charge on any atom is -0.335 e. The Bertz CT molecular complexity index is 1220. The van der Waals surface area contributed by atoms with Gasteiger partial charge in [0.05, 0.1) is 22.3 Å². The minimum atomic E-state index is -0.932. The van der Waals surface area contributed by atoms with Crippen LogP contribution in [0.5, 0.6) is 0 Å². The monoisotopic (exact) mass is 461 g/mol. The van der Waals surface area contributed by atoms with Crippen molar-refractivity contribution in [3.05, 3.63) is 88.7 Å². The predicted molar refractivity (Wildman–Crippen MR) is 120 cm³/mol. The van der Waals surface area contributed by atoms with Crippen molar-refractivity contribution in [2.75, 3.05) is 18.8 Å². The second-order valence-electron chi connectivity index (χ2n) is 6.46. The number of aromatic nitrogens is 2. The van der Waals surface area contributed by atoms with Gasteiger partial charge in [0.15, 0.2) is 5.16 Å². The highest BCUT2D eigenvalue weighted by molar-refractivity contribution is 7.99. The van der Waals surface area contributed by atoms with Gasteiger partial charge >= 0.3 is 0 Å². The summed E-state index contributed by atoms with van der Waals surface area (Å²) >= 11 is 6.98. The summed E-state index contributed by atoms with van der Waals surface area (Å²) in [4.78, 5) is 31.8. The van der Waals surface area contributed by atoms with Crippen LogP contribution < -0.4 is 5.56 Å². The number of hydrogen-bond donors (Lipinski definition) is 0. The lowest BCUT2D eigenvalue weighted by Crippen LogP contribution is -2.33. The Morgan fingerprint density at radius 2 is 1.87 bits per heavy atom. The first kappa shape index (κ1) is 22.7. The van der Waals surface area contributed by atoms with Crippen LogP contribution in [0.1, 0.15) is 0 Å². The van der Waals surface area contributed by atoms with Gasteiger partial charge in [-0.05, 0) is 30.3 Å². The summed E-state index contributed by atoms with van der Waals surface area (Å²) in [5, 5.41) is 0.584. The third-order valence-corrected chi connectivity index (χ3v) is 5.48. The summed E-state index contributed by atoms with van der Waals surface area (Å²) in [5.74, 6) is -2.00. The topological polar surface area (TPSA) is 55.2 Å². The molecule has 9 heteroatoms. The Hall–Kier alpha value is -2.97. The van der Waals surface area contributed by atoms with Crippen molar-refractivity contribution in [2.45, 2.75) is 5.16 Å². The summed E-state index contributed by atoms with van der Waals surface area (Å²) in [6.07, 6.45) is 3.18. The molecule has 31 heavy (non-hydrogen) atoms. The van der Waals surface area contributed by atoms with E-state index in [0.717, 1.165) is 28.5 Å². The van der Waals surface area contributed by atoms with Gasteiger partial charge in [-0.1, -0.05) is 35.5 Å². The molecule has 5 nitrogen and oxygen atoms in total. The molecule has 0 aliphatic rings. The molecule has 0 saturated carbocycles. The van der Waals surface area contributed by atoms with E-state index in [-0.39, 0.29) is 27.9 Å². The fourth-order valence-electron chi connectivity index (χ4n) is 2.92. The van der Waals surface area contributed by atoms with Gasteiger partial charge in [-0.3, -0.25) is 14.2 Å². The van der Waals surface area contributed by atoms with Crippen molar-refractivity contribution < 1.29 is 13.6 Å². The molecular weight excluding hydrogens is 444 g/mol. The van der Waals surface area contributed by atoms with Crippen LogP contribution in [-0.2, 0) is 4.79 Å². The number of hydrogen-bond acceptors (Lipinski definition) is 4. The fourth-order valence-corrected chi connectivity index (χ4v) is 4.00. The van der Waals surface area contributed by atoms with Gasteiger partial charge in [-0.25, -0.2) is 13.8 Å². The molecule has 1 heterocycles. The largest absolute Gasteiger partial charge is 0.335 e. The summed E-state index contributed by atoms with van der Waals surface area (Å²) in [6, 6.07) is 7.45. The van der Waals surface area contributed by atoms with Gasteiger partial charge in [0, 0.05) is 24.2 Å². The maximum atomic E-state index is 14.5. The molecule has 1 aromatic heterocycles. The van der Waals surface area contributed by atoms with Crippen molar-refractivity contribution >= 4 is 40.2 Å². The average molecular weight is 462 g/mol. The molecule has 0 aliphatic carbocycles. The van der Waals surface area contributed by atoms with Crippen LogP contribution in [0.3, 0.4) is 0 Å². The summed E-state index contributed by atoms with van der Waals surface area (Å²) in [7, 11) is 0. The second kappa shape index (κ2) is 9.89. The molecule has 0 bridgehead atoms. The van der Waals surface area contributed by atoms with E-state index in [1.54, 1.807) is 24.3 Å². The van der Waals surface area contributed by atoms with Crippen molar-refractivity contribution in [1.29, 1.82) is 0 Å². The van der Waals surface area contributed by atoms with Gasteiger partial charge in [-0.15, -0.1) is 13.2 Å². The molecule has 0 aliphatic heterocycles. The third-order valence-electron chi connectivity index (χ3n) is 4.33. The van der Waals surface area contributed by atoms with Gasteiger partial charge in [0.2, 0.25) is 5.91 Å². The van der Waals surface area contributed by atoms with Crippen molar-refractivity contribution in [2.24, 2.45) is 0 Å². The maximum Gasteiger partial charge on any atom is 0.266 e. The van der Waals surface area contributed by atoms with Crippen molar-refractivity contribution in [3.8, 4) is 5.69 Å². The van der Waals surface area contributed by atoms with Crippen LogP contribution >= 0.6 is 23.4 Å². The molecule has 0 spiro atoms. The van der Waals surface area contributed by atoms with E-state index in [4.69, 9.17) is 11.6 Å². The fraction of sp³-hybridized carbons (Fsp3) is 0.136. The van der Waals surface area contributed by atoms with Crippen LogP contribution in [0, 0.1) is 11.6 Å². The van der Waals surface area contributed by atoms with E-state index < -0.39 is 17.2 Å². The molecule has 0 unspecified atom stereocenters. The molecule has 160 valence electrons. The predicted octanol–water partition coefficient (Wildman–Crippen LogP) is 4.61. The number of benzene rings is 2. The van der Waals surface area contributed by atoms with Crippen LogP contribution in [0.25, 0.3) is 16.6 Å². The summed E-state index contributed by atoms with van der Waals surface area (Å²) in [5.41, 5.74) is -0.413. The van der Waals surface area contributed by atoms with Crippen molar-refractivity contribution in [3.63, 3.8) is 0 Å². The molecular formula is C22H18ClF2N3O2S. The lowest BCUT2D eigenvalue weighted by atomic mass is 10.2. The highest BCUT2D eigenvalue weighted by Crippen LogP contribution is 2.25. The van der Waals surface area contributed by atoms with Gasteiger partial charge in [0.25, 0.3) is 5.56 Å².